The minimum atomic E-state index is -4.27. The Bertz CT molecular complexity index is 242. The predicted molar refractivity (Wildman–Crippen MR) is 46.8 cm³/mol. The number of hydrogen-bond acceptors (Lipinski definition) is 0. The highest BCUT2D eigenvalue weighted by Gasteiger charge is 2.29. The second-order valence-electron chi connectivity index (χ2n) is 2.00. The molecule has 0 nitrogen and oxygen atoms in total. The molecule has 68 valence electrons. The van der Waals surface area contributed by atoms with Gasteiger partial charge in [-0.15, -0.1) is 0 Å². The summed E-state index contributed by atoms with van der Waals surface area (Å²) in [4.78, 5) is 0. The van der Waals surface area contributed by atoms with Crippen LogP contribution in [0.15, 0.2) is 24.3 Å². The van der Waals surface area contributed by atoms with Crippen molar-refractivity contribution in [1.29, 1.82) is 0 Å². The van der Waals surface area contributed by atoms with E-state index in [-0.39, 0.29) is 13.5 Å². The van der Waals surface area contributed by atoms with Crippen LogP contribution >= 0.6 is 25.1 Å². The van der Waals surface area contributed by atoms with E-state index in [9.17, 15) is 13.2 Å². The van der Waals surface area contributed by atoms with Crippen LogP contribution < -0.4 is 0 Å². The van der Waals surface area contributed by atoms with Crippen molar-refractivity contribution >= 4 is 25.1 Å². The van der Waals surface area contributed by atoms with Crippen LogP contribution in [0.3, 0.4) is 0 Å². The van der Waals surface area contributed by atoms with Gasteiger partial charge in [0.15, 0.2) is 0 Å². The van der Waals surface area contributed by atoms with Gasteiger partial charge in [-0.1, -0.05) is 11.6 Å². The summed E-state index contributed by atoms with van der Waals surface area (Å²) in [5, 5.41) is 0.304. The molecule has 0 aliphatic rings. The lowest BCUT2D eigenvalue weighted by Gasteiger charge is -2.04. The molecule has 0 bridgehead atoms. The van der Waals surface area contributed by atoms with Gasteiger partial charge in [-0.25, -0.2) is 0 Å². The molecule has 1 aromatic rings. The standard InChI is InChI=1S/C7H4ClF3.H2S/c8-6-3-1-5(2-4-6)7(9,10)11;/h1-4H;1H2. The molecule has 0 unspecified atom stereocenters. The molecular weight excluding hydrogens is 209 g/mol. The van der Waals surface area contributed by atoms with Crippen LogP contribution in [0.5, 0.6) is 0 Å². The van der Waals surface area contributed by atoms with Crippen LogP contribution in [0.1, 0.15) is 5.56 Å². The molecule has 0 atom stereocenters. The van der Waals surface area contributed by atoms with Crippen LogP contribution in [0.2, 0.25) is 5.02 Å². The first-order valence-electron chi connectivity index (χ1n) is 2.83. The quantitative estimate of drug-likeness (QED) is 0.620. The Morgan fingerprint density at radius 2 is 1.42 bits per heavy atom. The lowest BCUT2D eigenvalue weighted by molar-refractivity contribution is -0.137. The van der Waals surface area contributed by atoms with Crippen molar-refractivity contribution in [3.05, 3.63) is 34.9 Å². The molecule has 5 heteroatoms. The summed E-state index contributed by atoms with van der Waals surface area (Å²) in [6, 6.07) is 4.32. The van der Waals surface area contributed by atoms with E-state index in [2.05, 4.69) is 0 Å². The normalized spacial score (nSPS) is 10.7. The maximum absolute atomic E-state index is 11.9. The number of halogens is 4. The third-order valence-electron chi connectivity index (χ3n) is 1.17. The summed E-state index contributed by atoms with van der Waals surface area (Å²) in [5.41, 5.74) is -0.679. The van der Waals surface area contributed by atoms with Crippen LogP contribution in [-0.2, 0) is 6.18 Å². The van der Waals surface area contributed by atoms with E-state index in [1.807, 2.05) is 0 Å². The van der Waals surface area contributed by atoms with Crippen molar-refractivity contribution in [2.24, 2.45) is 0 Å². The zero-order valence-corrected chi connectivity index (χ0v) is 7.58. The molecule has 0 aliphatic carbocycles. The molecule has 0 radical (unpaired) electrons. The van der Waals surface area contributed by atoms with Gasteiger partial charge >= 0.3 is 6.18 Å². The molecule has 12 heavy (non-hydrogen) atoms. The summed E-state index contributed by atoms with van der Waals surface area (Å²) in [5.74, 6) is 0. The monoisotopic (exact) mass is 214 g/mol. The summed E-state index contributed by atoms with van der Waals surface area (Å²) in [7, 11) is 0. The molecule has 0 saturated heterocycles. The fraction of sp³-hybridized carbons (Fsp3) is 0.143. The SMILES string of the molecule is FC(F)(F)c1ccc(Cl)cc1.S. The van der Waals surface area contributed by atoms with E-state index in [1.165, 1.54) is 12.1 Å². The minimum absolute atomic E-state index is 0. The maximum atomic E-state index is 11.9. The minimum Gasteiger partial charge on any atom is -0.197 e. The zero-order chi connectivity index (χ0) is 8.48. The van der Waals surface area contributed by atoms with Crippen LogP contribution in [0.25, 0.3) is 0 Å². The van der Waals surface area contributed by atoms with E-state index < -0.39 is 11.7 Å². The molecular formula is C7H6ClF3S. The highest BCUT2D eigenvalue weighted by Crippen LogP contribution is 2.29. The largest absolute Gasteiger partial charge is 0.416 e. The first-order chi connectivity index (χ1) is 5.00. The number of alkyl halides is 3. The van der Waals surface area contributed by atoms with E-state index in [0.29, 0.717) is 5.02 Å². The van der Waals surface area contributed by atoms with Gasteiger partial charge in [0, 0.05) is 5.02 Å². The molecule has 0 N–H and O–H groups in total. The van der Waals surface area contributed by atoms with E-state index in [1.54, 1.807) is 0 Å². The van der Waals surface area contributed by atoms with Gasteiger partial charge < -0.3 is 0 Å². The van der Waals surface area contributed by atoms with Crippen molar-refractivity contribution in [2.45, 2.75) is 6.18 Å². The van der Waals surface area contributed by atoms with Crippen LogP contribution in [-0.4, -0.2) is 0 Å². The smallest absolute Gasteiger partial charge is 0.197 e. The molecule has 1 aromatic carbocycles. The Balaban J connectivity index is 0.00000121. The average Bonchev–Trinajstić information content (AvgIpc) is 1.86. The summed E-state index contributed by atoms with van der Waals surface area (Å²) >= 11 is 5.39. The number of benzene rings is 1. The summed E-state index contributed by atoms with van der Waals surface area (Å²) in [6.07, 6.45) is -4.27. The fourth-order valence-corrected chi connectivity index (χ4v) is 0.765. The van der Waals surface area contributed by atoms with Gasteiger partial charge in [0.2, 0.25) is 0 Å². The van der Waals surface area contributed by atoms with E-state index >= 15 is 0 Å². The fourth-order valence-electron chi connectivity index (χ4n) is 0.639. The van der Waals surface area contributed by atoms with Gasteiger partial charge in [-0.05, 0) is 24.3 Å². The van der Waals surface area contributed by atoms with Crippen molar-refractivity contribution in [1.82, 2.24) is 0 Å². The Labute approximate surface area is 79.8 Å². The molecule has 0 fully saturated rings. The van der Waals surface area contributed by atoms with Crippen molar-refractivity contribution in [3.8, 4) is 0 Å². The summed E-state index contributed by atoms with van der Waals surface area (Å²) < 4.78 is 35.6. The highest BCUT2D eigenvalue weighted by atomic mass is 35.5. The molecule has 0 heterocycles. The van der Waals surface area contributed by atoms with Crippen LogP contribution in [0.4, 0.5) is 13.2 Å². The maximum Gasteiger partial charge on any atom is 0.416 e. The second kappa shape index (κ2) is 4.05. The lowest BCUT2D eigenvalue weighted by atomic mass is 10.2. The number of rotatable bonds is 0. The Morgan fingerprint density at radius 1 is 1.00 bits per heavy atom. The summed E-state index contributed by atoms with van der Waals surface area (Å²) in [6.45, 7) is 0. The second-order valence-corrected chi connectivity index (χ2v) is 2.44. The molecule has 0 aliphatic heterocycles. The van der Waals surface area contributed by atoms with Crippen molar-refractivity contribution < 1.29 is 13.2 Å². The van der Waals surface area contributed by atoms with Gasteiger partial charge in [0.1, 0.15) is 0 Å². The van der Waals surface area contributed by atoms with Gasteiger partial charge in [0.25, 0.3) is 0 Å². The molecule has 0 spiro atoms. The Morgan fingerprint density at radius 3 is 1.75 bits per heavy atom. The van der Waals surface area contributed by atoms with E-state index in [4.69, 9.17) is 11.6 Å². The van der Waals surface area contributed by atoms with Gasteiger partial charge in [0.05, 0.1) is 5.56 Å². The Kier molecular flexibility index (Phi) is 3.93. The first-order valence-corrected chi connectivity index (χ1v) is 3.21. The molecule has 0 amide bonds. The van der Waals surface area contributed by atoms with Crippen LogP contribution in [0, 0.1) is 0 Å². The first kappa shape index (κ1) is 11.6. The van der Waals surface area contributed by atoms with Gasteiger partial charge in [-0.3, -0.25) is 0 Å². The highest BCUT2D eigenvalue weighted by molar-refractivity contribution is 7.59. The number of hydrogen-bond donors (Lipinski definition) is 0. The predicted octanol–water partition coefficient (Wildman–Crippen LogP) is 3.47. The van der Waals surface area contributed by atoms with Crippen molar-refractivity contribution in [2.75, 3.05) is 0 Å². The Hall–Kier alpha value is -0.350. The molecule has 0 saturated carbocycles. The lowest BCUT2D eigenvalue weighted by Crippen LogP contribution is -2.03. The van der Waals surface area contributed by atoms with Crippen molar-refractivity contribution in [3.63, 3.8) is 0 Å². The van der Waals surface area contributed by atoms with E-state index in [0.717, 1.165) is 12.1 Å². The average molecular weight is 215 g/mol. The topological polar surface area (TPSA) is 0 Å². The zero-order valence-electron chi connectivity index (χ0n) is 5.82. The molecule has 0 aromatic heterocycles. The molecule has 1 rings (SSSR count). The third kappa shape index (κ3) is 2.95. The third-order valence-corrected chi connectivity index (χ3v) is 1.42. The van der Waals surface area contributed by atoms with Gasteiger partial charge in [-0.2, -0.15) is 26.7 Å².